The third kappa shape index (κ3) is 3.41. The highest BCUT2D eigenvalue weighted by Crippen LogP contribution is 2.31. The van der Waals surface area contributed by atoms with Gasteiger partial charge >= 0.3 is 0 Å². The van der Waals surface area contributed by atoms with Gasteiger partial charge in [-0.05, 0) is 36.4 Å². The Morgan fingerprint density at radius 1 is 1.03 bits per heavy atom. The van der Waals surface area contributed by atoms with Crippen LogP contribution in [0, 0.1) is 0 Å². The number of anilines is 1. The van der Waals surface area contributed by atoms with E-state index >= 15 is 0 Å². The summed E-state index contributed by atoms with van der Waals surface area (Å²) in [6, 6.07) is 16.6. The van der Waals surface area contributed by atoms with E-state index < -0.39 is 0 Å². The number of fused-ring (bicyclic) bond motifs is 3. The average Bonchev–Trinajstić information content (AvgIpc) is 3.32. The van der Waals surface area contributed by atoms with E-state index in [2.05, 4.69) is 30.7 Å². The van der Waals surface area contributed by atoms with Crippen molar-refractivity contribution in [2.24, 2.45) is 5.10 Å². The highest BCUT2D eigenvalue weighted by atomic mass is 35.5. The average molecular weight is 423 g/mol. The van der Waals surface area contributed by atoms with E-state index in [1.165, 1.54) is 6.21 Å². The molecule has 0 unspecified atom stereocenters. The Kier molecular flexibility index (Phi) is 4.38. The normalized spacial score (nSPS) is 11.7. The molecule has 2 N–H and O–H groups in total. The summed E-state index contributed by atoms with van der Waals surface area (Å²) in [6.07, 6.45) is 1.52. The van der Waals surface area contributed by atoms with Gasteiger partial charge in [0.05, 0.1) is 11.2 Å². The molecule has 0 radical (unpaired) electrons. The molecular weight excluding hydrogens is 411 g/mol. The zero-order valence-electron chi connectivity index (χ0n) is 14.7. The zero-order chi connectivity index (χ0) is 19.8. The summed E-state index contributed by atoms with van der Waals surface area (Å²) in [5.74, 6) is 1.43. The number of hydrogen-bond donors (Lipinski definition) is 2. The topological polar surface area (TPSA) is 92.0 Å². The fraction of sp³-hybridized carbons (Fsp3) is 0. The molecule has 5 aromatic rings. The minimum absolute atomic E-state index is 0.271. The van der Waals surface area contributed by atoms with Crippen molar-refractivity contribution in [2.45, 2.75) is 0 Å². The van der Waals surface area contributed by atoms with Gasteiger partial charge in [0.2, 0.25) is 0 Å². The van der Waals surface area contributed by atoms with Crippen molar-refractivity contribution in [3.8, 4) is 11.3 Å². The van der Waals surface area contributed by atoms with Crippen molar-refractivity contribution in [3.63, 3.8) is 0 Å². The Morgan fingerprint density at radius 2 is 1.93 bits per heavy atom. The number of halogens is 2. The molecule has 0 fully saturated rings. The molecule has 142 valence electrons. The second kappa shape index (κ2) is 7.20. The first-order valence-corrected chi connectivity index (χ1v) is 9.38. The zero-order valence-corrected chi connectivity index (χ0v) is 16.2. The van der Waals surface area contributed by atoms with Crippen molar-refractivity contribution in [1.82, 2.24) is 20.2 Å². The number of nitrogens with zero attached hydrogens (tertiary/aromatic N) is 4. The van der Waals surface area contributed by atoms with Crippen LogP contribution < -0.4 is 5.43 Å². The molecular formula is C20H12Cl2N6O. The lowest BCUT2D eigenvalue weighted by atomic mass is 10.2. The van der Waals surface area contributed by atoms with Crippen LogP contribution in [0.25, 0.3) is 33.4 Å². The van der Waals surface area contributed by atoms with Crippen LogP contribution in [0.4, 0.5) is 5.95 Å². The van der Waals surface area contributed by atoms with Crippen molar-refractivity contribution >= 4 is 57.4 Å². The van der Waals surface area contributed by atoms with Gasteiger partial charge in [-0.2, -0.15) is 10.1 Å². The lowest BCUT2D eigenvalue weighted by Gasteiger charge is -2.00. The maximum atomic E-state index is 6.22. The third-order valence-electron chi connectivity index (χ3n) is 4.30. The number of aromatic nitrogens is 4. The van der Waals surface area contributed by atoms with Gasteiger partial charge in [0.25, 0.3) is 5.95 Å². The molecule has 0 aliphatic rings. The fourth-order valence-corrected chi connectivity index (χ4v) is 3.48. The summed E-state index contributed by atoms with van der Waals surface area (Å²) < 4.78 is 5.76. The largest absolute Gasteiger partial charge is 0.455 e. The van der Waals surface area contributed by atoms with E-state index in [1.54, 1.807) is 24.3 Å². The number of H-pyrrole nitrogens is 1. The van der Waals surface area contributed by atoms with E-state index in [9.17, 15) is 0 Å². The van der Waals surface area contributed by atoms with E-state index in [4.69, 9.17) is 27.6 Å². The van der Waals surface area contributed by atoms with E-state index in [0.29, 0.717) is 32.7 Å². The van der Waals surface area contributed by atoms with Crippen LogP contribution >= 0.6 is 23.2 Å². The van der Waals surface area contributed by atoms with E-state index in [1.807, 2.05) is 30.3 Å². The van der Waals surface area contributed by atoms with Crippen LogP contribution in [0.15, 0.2) is 64.1 Å². The summed E-state index contributed by atoms with van der Waals surface area (Å²) in [6.45, 7) is 0. The highest BCUT2D eigenvalue weighted by Gasteiger charge is 2.09. The van der Waals surface area contributed by atoms with Crippen LogP contribution in [-0.2, 0) is 0 Å². The van der Waals surface area contributed by atoms with Crippen molar-refractivity contribution < 1.29 is 4.42 Å². The van der Waals surface area contributed by atoms with Crippen molar-refractivity contribution in [1.29, 1.82) is 0 Å². The second-order valence-electron chi connectivity index (χ2n) is 6.20. The van der Waals surface area contributed by atoms with Gasteiger partial charge in [-0.1, -0.05) is 41.4 Å². The maximum Gasteiger partial charge on any atom is 0.265 e. The lowest BCUT2D eigenvalue weighted by Crippen LogP contribution is -1.98. The van der Waals surface area contributed by atoms with Gasteiger partial charge in [-0.3, -0.25) is 0 Å². The SMILES string of the molecule is Clc1ccc(-c2ccc(/C=N\Nc3nnc4c(n3)[nH]c3ccccc34)o2)c(Cl)c1. The number of hydrogen-bond acceptors (Lipinski definition) is 6. The second-order valence-corrected chi connectivity index (χ2v) is 7.04. The van der Waals surface area contributed by atoms with Gasteiger partial charge in [-0.25, -0.2) is 5.43 Å². The lowest BCUT2D eigenvalue weighted by molar-refractivity contribution is 0.575. The maximum absolute atomic E-state index is 6.22. The molecule has 0 amide bonds. The number of aromatic amines is 1. The first-order valence-electron chi connectivity index (χ1n) is 8.63. The quantitative estimate of drug-likeness (QED) is 0.293. The predicted octanol–water partition coefficient (Wildman–Crippen LogP) is 5.52. The smallest absolute Gasteiger partial charge is 0.265 e. The summed E-state index contributed by atoms with van der Waals surface area (Å²) >= 11 is 12.1. The Balaban J connectivity index is 1.35. The van der Waals surface area contributed by atoms with E-state index in [0.717, 1.165) is 16.5 Å². The molecule has 29 heavy (non-hydrogen) atoms. The molecule has 2 aromatic carbocycles. The van der Waals surface area contributed by atoms with Crippen LogP contribution in [0.3, 0.4) is 0 Å². The number of para-hydroxylation sites is 1. The first-order chi connectivity index (χ1) is 14.2. The van der Waals surface area contributed by atoms with Gasteiger partial charge in [-0.15, -0.1) is 10.2 Å². The minimum Gasteiger partial charge on any atom is -0.455 e. The van der Waals surface area contributed by atoms with Crippen LogP contribution in [0.5, 0.6) is 0 Å². The Bertz CT molecular complexity index is 1370. The summed E-state index contributed by atoms with van der Waals surface area (Å²) in [7, 11) is 0. The summed E-state index contributed by atoms with van der Waals surface area (Å²) in [5.41, 5.74) is 5.81. The number of rotatable bonds is 4. The fourth-order valence-electron chi connectivity index (χ4n) is 2.98. The molecule has 0 aliphatic carbocycles. The number of benzene rings is 2. The molecule has 0 atom stereocenters. The molecule has 7 nitrogen and oxygen atoms in total. The molecule has 3 aromatic heterocycles. The predicted molar refractivity (Wildman–Crippen MR) is 115 cm³/mol. The number of furan rings is 1. The number of nitrogens with one attached hydrogen (secondary N) is 2. The standard InChI is InChI=1S/C20H12Cl2N6O/c21-11-5-7-13(15(22)9-11)17-8-6-12(29-17)10-23-27-20-25-19-18(26-28-20)14-3-1-2-4-16(14)24-19/h1-10H,(H2,24,25,27,28)/b23-10-. The van der Waals surface area contributed by atoms with E-state index in [-0.39, 0.29) is 5.95 Å². The van der Waals surface area contributed by atoms with Crippen LogP contribution in [-0.4, -0.2) is 26.4 Å². The van der Waals surface area contributed by atoms with Crippen molar-refractivity contribution in [2.75, 3.05) is 5.43 Å². The Labute approximate surface area is 174 Å². The Morgan fingerprint density at radius 3 is 2.83 bits per heavy atom. The third-order valence-corrected chi connectivity index (χ3v) is 4.85. The highest BCUT2D eigenvalue weighted by molar-refractivity contribution is 6.36. The number of hydrazone groups is 1. The van der Waals surface area contributed by atoms with Gasteiger partial charge in [0.1, 0.15) is 17.0 Å². The first kappa shape index (κ1) is 17.7. The molecule has 0 saturated heterocycles. The van der Waals surface area contributed by atoms with Crippen LogP contribution in [0.1, 0.15) is 5.76 Å². The summed E-state index contributed by atoms with van der Waals surface area (Å²) in [4.78, 5) is 7.61. The molecule has 0 bridgehead atoms. The van der Waals surface area contributed by atoms with Crippen LogP contribution in [0.2, 0.25) is 10.0 Å². The molecule has 0 saturated carbocycles. The molecule has 0 aliphatic heterocycles. The molecule has 9 heteroatoms. The van der Waals surface area contributed by atoms with Gasteiger partial charge in [0.15, 0.2) is 5.65 Å². The molecule has 0 spiro atoms. The minimum atomic E-state index is 0.271. The molecule has 3 heterocycles. The van der Waals surface area contributed by atoms with Gasteiger partial charge in [0, 0.05) is 21.5 Å². The summed E-state index contributed by atoms with van der Waals surface area (Å²) in [5, 5.41) is 14.5. The van der Waals surface area contributed by atoms with Crippen molar-refractivity contribution in [3.05, 3.63) is 70.4 Å². The van der Waals surface area contributed by atoms with Gasteiger partial charge < -0.3 is 9.40 Å². The molecule has 5 rings (SSSR count). The monoisotopic (exact) mass is 422 g/mol. The Hall–Kier alpha value is -3.42.